The Kier molecular flexibility index (Phi) is 3.10. The van der Waals surface area contributed by atoms with Gasteiger partial charge in [0.05, 0.1) is 13.2 Å². The van der Waals surface area contributed by atoms with Crippen LogP contribution in [-0.2, 0) is 10.2 Å². The maximum absolute atomic E-state index is 11.3. The van der Waals surface area contributed by atoms with E-state index < -0.39 is 11.4 Å². The van der Waals surface area contributed by atoms with E-state index in [0.717, 1.165) is 4.88 Å². The van der Waals surface area contributed by atoms with Gasteiger partial charge in [-0.2, -0.15) is 5.26 Å². The van der Waals surface area contributed by atoms with Crippen LogP contribution in [0.4, 0.5) is 0 Å². The minimum Gasteiger partial charge on any atom is -0.464 e. The second-order valence-electron chi connectivity index (χ2n) is 3.65. The average molecular weight is 224 g/mol. The van der Waals surface area contributed by atoms with Crippen LogP contribution in [0.1, 0.15) is 34.2 Å². The lowest BCUT2D eigenvalue weighted by molar-refractivity contribution is 0.0594. The molecule has 4 nitrogen and oxygen atoms in total. The molecule has 1 heterocycles. The van der Waals surface area contributed by atoms with Gasteiger partial charge in [-0.05, 0) is 20.8 Å². The molecule has 0 atom stereocenters. The quantitative estimate of drug-likeness (QED) is 0.721. The maximum Gasteiger partial charge on any atom is 0.357 e. The molecular formula is C10H12N2O2S. The molecule has 1 rings (SSSR count). The summed E-state index contributed by atoms with van der Waals surface area (Å²) in [6.07, 6.45) is 0. The summed E-state index contributed by atoms with van der Waals surface area (Å²) in [5.41, 5.74) is -0.359. The van der Waals surface area contributed by atoms with Crippen molar-refractivity contribution in [1.29, 1.82) is 5.26 Å². The van der Waals surface area contributed by atoms with Crippen LogP contribution in [-0.4, -0.2) is 18.1 Å². The van der Waals surface area contributed by atoms with Crippen molar-refractivity contribution in [2.75, 3.05) is 7.11 Å². The van der Waals surface area contributed by atoms with Gasteiger partial charge in [0, 0.05) is 4.88 Å². The van der Waals surface area contributed by atoms with Gasteiger partial charge in [-0.3, -0.25) is 0 Å². The Balaban J connectivity index is 3.18. The highest BCUT2D eigenvalue weighted by molar-refractivity contribution is 7.12. The smallest absolute Gasteiger partial charge is 0.357 e. The zero-order chi connectivity index (χ0) is 11.6. The van der Waals surface area contributed by atoms with Crippen molar-refractivity contribution in [3.63, 3.8) is 0 Å². The van der Waals surface area contributed by atoms with Crippen molar-refractivity contribution in [3.8, 4) is 6.07 Å². The van der Waals surface area contributed by atoms with Crippen LogP contribution < -0.4 is 0 Å². The molecule has 0 radical (unpaired) electrons. The Morgan fingerprint density at radius 1 is 1.60 bits per heavy atom. The molecule has 0 aliphatic carbocycles. The molecule has 0 amide bonds. The van der Waals surface area contributed by atoms with Crippen LogP contribution >= 0.6 is 11.3 Å². The molecule has 0 aliphatic rings. The lowest BCUT2D eigenvalue weighted by atomic mass is 9.97. The van der Waals surface area contributed by atoms with Gasteiger partial charge in [-0.25, -0.2) is 9.78 Å². The average Bonchev–Trinajstić information content (AvgIpc) is 2.60. The Labute approximate surface area is 92.5 Å². The number of ether oxygens (including phenoxy) is 1. The zero-order valence-corrected chi connectivity index (χ0v) is 9.94. The van der Waals surface area contributed by atoms with E-state index in [9.17, 15) is 4.79 Å². The standard InChI is InChI=1S/C10H12N2O2S/c1-6-7(8(13)14-4)12-9(15-6)10(2,3)5-11/h1-4H3. The van der Waals surface area contributed by atoms with Gasteiger partial charge >= 0.3 is 5.97 Å². The van der Waals surface area contributed by atoms with Gasteiger partial charge in [0.2, 0.25) is 0 Å². The Hall–Kier alpha value is -1.41. The van der Waals surface area contributed by atoms with E-state index in [2.05, 4.69) is 15.8 Å². The number of rotatable bonds is 2. The predicted octanol–water partition coefficient (Wildman–Crippen LogP) is 2.04. The summed E-state index contributed by atoms with van der Waals surface area (Å²) in [5, 5.41) is 9.59. The number of carbonyl (C=O) groups is 1. The van der Waals surface area contributed by atoms with Crippen LogP contribution in [0.2, 0.25) is 0 Å². The minimum atomic E-state index is -0.665. The monoisotopic (exact) mass is 224 g/mol. The van der Waals surface area contributed by atoms with E-state index in [0.29, 0.717) is 10.7 Å². The molecule has 15 heavy (non-hydrogen) atoms. The lowest BCUT2D eigenvalue weighted by Gasteiger charge is -2.09. The van der Waals surface area contributed by atoms with Crippen molar-refractivity contribution < 1.29 is 9.53 Å². The van der Waals surface area contributed by atoms with Gasteiger partial charge in [-0.15, -0.1) is 11.3 Å². The summed E-state index contributed by atoms with van der Waals surface area (Å²) in [5.74, 6) is -0.455. The highest BCUT2D eigenvalue weighted by Gasteiger charge is 2.27. The number of thiazole rings is 1. The third-order valence-corrected chi connectivity index (χ3v) is 3.28. The van der Waals surface area contributed by atoms with Gasteiger partial charge in [0.25, 0.3) is 0 Å². The fraction of sp³-hybridized carbons (Fsp3) is 0.500. The number of nitriles is 1. The van der Waals surface area contributed by atoms with E-state index in [1.807, 2.05) is 0 Å². The SMILES string of the molecule is COC(=O)c1nc(C(C)(C)C#N)sc1C. The Morgan fingerprint density at radius 3 is 2.67 bits per heavy atom. The van der Waals surface area contributed by atoms with Crippen LogP contribution in [0, 0.1) is 18.3 Å². The number of carbonyl (C=O) groups excluding carboxylic acids is 1. The molecule has 1 aromatic heterocycles. The van der Waals surface area contributed by atoms with Crippen LogP contribution in [0.25, 0.3) is 0 Å². The van der Waals surface area contributed by atoms with E-state index in [1.54, 1.807) is 20.8 Å². The predicted molar refractivity (Wildman–Crippen MR) is 56.8 cm³/mol. The number of aryl methyl sites for hydroxylation is 1. The molecule has 0 aliphatic heterocycles. The number of nitrogens with zero attached hydrogens (tertiary/aromatic N) is 2. The molecule has 0 saturated carbocycles. The minimum absolute atomic E-state index is 0.306. The first-order chi connectivity index (χ1) is 6.92. The third kappa shape index (κ3) is 2.16. The number of hydrogen-bond donors (Lipinski definition) is 0. The summed E-state index contributed by atoms with van der Waals surface area (Å²) >= 11 is 1.36. The normalized spacial score (nSPS) is 10.9. The van der Waals surface area contributed by atoms with Crippen molar-refractivity contribution >= 4 is 17.3 Å². The number of esters is 1. The van der Waals surface area contributed by atoms with E-state index in [4.69, 9.17) is 5.26 Å². The molecule has 0 spiro atoms. The van der Waals surface area contributed by atoms with Gasteiger partial charge < -0.3 is 4.74 Å². The van der Waals surface area contributed by atoms with Gasteiger partial charge in [0.15, 0.2) is 5.69 Å². The van der Waals surface area contributed by atoms with E-state index in [-0.39, 0.29) is 0 Å². The topological polar surface area (TPSA) is 63.0 Å². The maximum atomic E-state index is 11.3. The highest BCUT2D eigenvalue weighted by Crippen LogP contribution is 2.29. The molecule has 0 unspecified atom stereocenters. The largest absolute Gasteiger partial charge is 0.464 e. The Bertz CT molecular complexity index is 429. The third-order valence-electron chi connectivity index (χ3n) is 1.99. The molecule has 0 aromatic carbocycles. The molecule has 0 N–H and O–H groups in total. The molecule has 0 bridgehead atoms. The van der Waals surface area contributed by atoms with Crippen molar-refractivity contribution in [2.45, 2.75) is 26.2 Å². The summed E-state index contributed by atoms with van der Waals surface area (Å²) in [6, 6.07) is 2.15. The summed E-state index contributed by atoms with van der Waals surface area (Å²) < 4.78 is 4.60. The van der Waals surface area contributed by atoms with Crippen LogP contribution in [0.5, 0.6) is 0 Å². The van der Waals surface area contributed by atoms with Gasteiger partial charge in [-0.1, -0.05) is 0 Å². The molecule has 1 aromatic rings. The van der Waals surface area contributed by atoms with Crippen molar-refractivity contribution in [2.24, 2.45) is 0 Å². The van der Waals surface area contributed by atoms with Crippen LogP contribution in [0.3, 0.4) is 0 Å². The first-order valence-electron chi connectivity index (χ1n) is 4.40. The van der Waals surface area contributed by atoms with E-state index >= 15 is 0 Å². The van der Waals surface area contributed by atoms with Gasteiger partial charge in [0.1, 0.15) is 10.4 Å². The molecule has 80 valence electrons. The highest BCUT2D eigenvalue weighted by atomic mass is 32.1. The Morgan fingerprint density at radius 2 is 2.20 bits per heavy atom. The molecule has 0 fully saturated rings. The second kappa shape index (κ2) is 3.99. The van der Waals surface area contributed by atoms with Crippen molar-refractivity contribution in [1.82, 2.24) is 4.98 Å². The van der Waals surface area contributed by atoms with E-state index in [1.165, 1.54) is 18.4 Å². The molecular weight excluding hydrogens is 212 g/mol. The summed E-state index contributed by atoms with van der Waals surface area (Å²) in [4.78, 5) is 16.2. The number of hydrogen-bond acceptors (Lipinski definition) is 5. The second-order valence-corrected chi connectivity index (χ2v) is 4.86. The molecule has 5 heteroatoms. The summed E-state index contributed by atoms with van der Waals surface area (Å²) in [7, 11) is 1.32. The van der Waals surface area contributed by atoms with Crippen molar-refractivity contribution in [3.05, 3.63) is 15.6 Å². The lowest BCUT2D eigenvalue weighted by Crippen LogP contribution is -2.14. The summed E-state index contributed by atoms with van der Waals surface area (Å²) in [6.45, 7) is 5.33. The fourth-order valence-electron chi connectivity index (χ4n) is 0.998. The first-order valence-corrected chi connectivity index (χ1v) is 5.21. The molecule has 0 saturated heterocycles. The van der Waals surface area contributed by atoms with Crippen LogP contribution in [0.15, 0.2) is 0 Å². The first kappa shape index (κ1) is 11.7. The fourth-order valence-corrected chi connectivity index (χ4v) is 1.95. The zero-order valence-electron chi connectivity index (χ0n) is 9.12. The number of aromatic nitrogens is 1. The number of methoxy groups -OCH3 is 1.